The van der Waals surface area contributed by atoms with E-state index >= 15 is 0 Å². The third kappa shape index (κ3) is 3.39. The quantitative estimate of drug-likeness (QED) is 0.663. The zero-order chi connectivity index (χ0) is 14.8. The summed E-state index contributed by atoms with van der Waals surface area (Å²) in [5.41, 5.74) is 4.55. The van der Waals surface area contributed by atoms with E-state index in [1.54, 1.807) is 11.1 Å². The van der Waals surface area contributed by atoms with Crippen molar-refractivity contribution in [1.29, 1.82) is 0 Å². The van der Waals surface area contributed by atoms with Gasteiger partial charge in [-0.1, -0.05) is 30.7 Å². The average molecular weight is 284 g/mol. The topological polar surface area (TPSA) is 17.1 Å². The SMILES string of the molecule is Cc1ccc2c(c1)CC[C@@H]1C(CCCC(=O)CC[C@@H]1C)C2. The molecular formula is C20H28O. The first kappa shape index (κ1) is 14.8. The minimum atomic E-state index is 0.495. The standard InChI is InChI=1S/C20H28O/c1-14-6-8-17-13-18-4-3-5-19(21)10-7-15(2)20(18)11-9-16(17)12-14/h6,8,12,15,18,20H,3-5,7,9-11,13H2,1-2H3/t15-,18?,20-/m0/s1. The lowest BCUT2D eigenvalue weighted by Crippen LogP contribution is -2.22. The molecule has 0 N–H and O–H groups in total. The molecular weight excluding hydrogens is 256 g/mol. The third-order valence-corrected chi connectivity index (χ3v) is 5.84. The van der Waals surface area contributed by atoms with Crippen LogP contribution in [-0.2, 0) is 17.6 Å². The van der Waals surface area contributed by atoms with Crippen molar-refractivity contribution in [3.8, 4) is 0 Å². The second-order valence-electron chi connectivity index (χ2n) is 7.39. The maximum Gasteiger partial charge on any atom is 0.132 e. The number of carbonyl (C=O) groups excluding carboxylic acids is 1. The van der Waals surface area contributed by atoms with Crippen molar-refractivity contribution < 1.29 is 4.79 Å². The number of hydrogen-bond donors (Lipinski definition) is 0. The molecule has 1 aromatic carbocycles. The fourth-order valence-electron chi connectivity index (χ4n) is 4.53. The number of aryl methyl sites for hydroxylation is 2. The molecule has 0 bridgehead atoms. The van der Waals surface area contributed by atoms with E-state index in [0.717, 1.165) is 37.5 Å². The second kappa shape index (κ2) is 6.34. The smallest absolute Gasteiger partial charge is 0.132 e. The maximum absolute atomic E-state index is 11.8. The van der Waals surface area contributed by atoms with E-state index in [1.165, 1.54) is 31.2 Å². The first-order chi connectivity index (χ1) is 10.1. The fourth-order valence-corrected chi connectivity index (χ4v) is 4.53. The van der Waals surface area contributed by atoms with Crippen LogP contribution in [-0.4, -0.2) is 5.78 Å². The molecule has 0 heterocycles. The minimum Gasteiger partial charge on any atom is -0.300 e. The van der Waals surface area contributed by atoms with Crippen LogP contribution >= 0.6 is 0 Å². The number of ketones is 1. The van der Waals surface area contributed by atoms with E-state index in [4.69, 9.17) is 0 Å². The first-order valence-corrected chi connectivity index (χ1v) is 8.73. The van der Waals surface area contributed by atoms with Gasteiger partial charge in [0, 0.05) is 12.8 Å². The molecule has 3 rings (SSSR count). The normalized spacial score (nSPS) is 30.4. The lowest BCUT2D eigenvalue weighted by molar-refractivity contribution is -0.119. The molecule has 0 saturated heterocycles. The van der Waals surface area contributed by atoms with E-state index in [2.05, 4.69) is 32.0 Å². The molecule has 3 atom stereocenters. The highest BCUT2D eigenvalue weighted by Gasteiger charge is 2.31. The van der Waals surface area contributed by atoms with Crippen molar-refractivity contribution in [3.05, 3.63) is 34.9 Å². The number of benzene rings is 1. The van der Waals surface area contributed by atoms with Crippen molar-refractivity contribution >= 4 is 5.78 Å². The highest BCUT2D eigenvalue weighted by Crippen LogP contribution is 2.39. The Bertz CT molecular complexity index is 517. The van der Waals surface area contributed by atoms with Gasteiger partial charge in [0.05, 0.1) is 0 Å². The van der Waals surface area contributed by atoms with E-state index in [9.17, 15) is 4.79 Å². The minimum absolute atomic E-state index is 0.495. The Morgan fingerprint density at radius 2 is 1.86 bits per heavy atom. The predicted molar refractivity (Wildman–Crippen MR) is 87.4 cm³/mol. The molecule has 0 aliphatic heterocycles. The molecule has 21 heavy (non-hydrogen) atoms. The summed E-state index contributed by atoms with van der Waals surface area (Å²) in [6, 6.07) is 7.02. The van der Waals surface area contributed by atoms with Gasteiger partial charge in [0.2, 0.25) is 0 Å². The Balaban J connectivity index is 1.84. The molecule has 0 amide bonds. The van der Waals surface area contributed by atoms with E-state index < -0.39 is 0 Å². The summed E-state index contributed by atoms with van der Waals surface area (Å²) in [6.45, 7) is 4.59. The van der Waals surface area contributed by atoms with Crippen molar-refractivity contribution in [2.75, 3.05) is 0 Å². The van der Waals surface area contributed by atoms with E-state index in [0.29, 0.717) is 11.7 Å². The van der Waals surface area contributed by atoms with Gasteiger partial charge in [0.15, 0.2) is 0 Å². The van der Waals surface area contributed by atoms with Crippen LogP contribution < -0.4 is 0 Å². The first-order valence-electron chi connectivity index (χ1n) is 8.73. The Morgan fingerprint density at radius 3 is 2.71 bits per heavy atom. The Kier molecular flexibility index (Phi) is 4.47. The summed E-state index contributed by atoms with van der Waals surface area (Å²) in [4.78, 5) is 11.8. The van der Waals surface area contributed by atoms with Gasteiger partial charge in [-0.05, 0) is 74.3 Å². The Hall–Kier alpha value is -1.11. The highest BCUT2D eigenvalue weighted by atomic mass is 16.1. The van der Waals surface area contributed by atoms with Gasteiger partial charge in [-0.3, -0.25) is 4.79 Å². The van der Waals surface area contributed by atoms with Gasteiger partial charge in [0.1, 0.15) is 5.78 Å². The van der Waals surface area contributed by atoms with Crippen LogP contribution in [0.2, 0.25) is 0 Å². The molecule has 1 saturated carbocycles. The lowest BCUT2D eigenvalue weighted by atomic mass is 9.75. The van der Waals surface area contributed by atoms with E-state index in [-0.39, 0.29) is 0 Å². The lowest BCUT2D eigenvalue weighted by Gasteiger charge is -2.30. The number of hydrogen-bond acceptors (Lipinski definition) is 1. The third-order valence-electron chi connectivity index (χ3n) is 5.84. The van der Waals surface area contributed by atoms with Crippen molar-refractivity contribution in [1.82, 2.24) is 0 Å². The fraction of sp³-hybridized carbons (Fsp3) is 0.650. The van der Waals surface area contributed by atoms with Crippen molar-refractivity contribution in [3.63, 3.8) is 0 Å². The number of carbonyl (C=O) groups is 1. The summed E-state index contributed by atoms with van der Waals surface area (Å²) < 4.78 is 0. The Morgan fingerprint density at radius 1 is 1.00 bits per heavy atom. The van der Waals surface area contributed by atoms with E-state index in [1.807, 2.05) is 0 Å². The zero-order valence-electron chi connectivity index (χ0n) is 13.5. The van der Waals surface area contributed by atoms with Gasteiger partial charge < -0.3 is 0 Å². The molecule has 114 valence electrons. The van der Waals surface area contributed by atoms with Crippen LogP contribution in [0.25, 0.3) is 0 Å². The molecule has 0 spiro atoms. The van der Waals surface area contributed by atoms with Gasteiger partial charge in [0.25, 0.3) is 0 Å². The summed E-state index contributed by atoms with van der Waals surface area (Å²) in [5.74, 6) is 2.79. The molecule has 1 nitrogen and oxygen atoms in total. The largest absolute Gasteiger partial charge is 0.300 e. The van der Waals surface area contributed by atoms with Gasteiger partial charge >= 0.3 is 0 Å². The summed E-state index contributed by atoms with van der Waals surface area (Å²) in [7, 11) is 0. The van der Waals surface area contributed by atoms with Crippen LogP contribution in [0.3, 0.4) is 0 Å². The summed E-state index contributed by atoms with van der Waals surface area (Å²) in [6.07, 6.45) is 8.87. The van der Waals surface area contributed by atoms with Gasteiger partial charge in [-0.2, -0.15) is 0 Å². The number of fused-ring (bicyclic) bond motifs is 2. The van der Waals surface area contributed by atoms with Gasteiger partial charge in [-0.25, -0.2) is 0 Å². The molecule has 0 aromatic heterocycles. The Labute approximate surface area is 129 Å². The van der Waals surface area contributed by atoms with Crippen molar-refractivity contribution in [2.45, 2.75) is 65.2 Å². The second-order valence-corrected chi connectivity index (χ2v) is 7.39. The van der Waals surface area contributed by atoms with Crippen LogP contribution in [0.1, 0.15) is 62.1 Å². The molecule has 1 heteroatoms. The number of rotatable bonds is 0. The monoisotopic (exact) mass is 284 g/mol. The molecule has 0 radical (unpaired) electrons. The molecule has 2 aliphatic rings. The molecule has 1 unspecified atom stereocenters. The van der Waals surface area contributed by atoms with Crippen LogP contribution in [0.5, 0.6) is 0 Å². The van der Waals surface area contributed by atoms with Crippen LogP contribution in [0.4, 0.5) is 0 Å². The maximum atomic E-state index is 11.8. The average Bonchev–Trinajstić information content (AvgIpc) is 2.60. The highest BCUT2D eigenvalue weighted by molar-refractivity contribution is 5.78. The summed E-state index contributed by atoms with van der Waals surface area (Å²) in [5, 5.41) is 0. The molecule has 2 aliphatic carbocycles. The predicted octanol–water partition coefficient (Wildman–Crippen LogP) is 4.89. The zero-order valence-corrected chi connectivity index (χ0v) is 13.5. The van der Waals surface area contributed by atoms with Gasteiger partial charge in [-0.15, -0.1) is 0 Å². The summed E-state index contributed by atoms with van der Waals surface area (Å²) >= 11 is 0. The van der Waals surface area contributed by atoms with Crippen molar-refractivity contribution in [2.24, 2.45) is 17.8 Å². The van der Waals surface area contributed by atoms with Crippen LogP contribution in [0.15, 0.2) is 18.2 Å². The molecule has 1 fully saturated rings. The van der Waals surface area contributed by atoms with Crippen LogP contribution in [0, 0.1) is 24.7 Å². The number of Topliss-reactive ketones (excluding diaryl/α,β-unsaturated/α-hetero) is 1. The molecule has 1 aromatic rings.